The number of carbonyl (C=O) groups is 8. The first-order chi connectivity index (χ1) is 36.3. The lowest BCUT2D eigenvalue weighted by Crippen LogP contribution is -2.35. The molecule has 0 amide bonds. The van der Waals surface area contributed by atoms with E-state index < -0.39 is 59.5 Å². The van der Waals surface area contributed by atoms with E-state index in [-0.39, 0.29) is 70.6 Å². The maximum atomic E-state index is 13.7. The zero-order chi connectivity index (χ0) is 53.7. The number of rotatable bonds is 25. The maximum absolute atomic E-state index is 13.7. The molecule has 1 aliphatic heterocycles. The summed E-state index contributed by atoms with van der Waals surface area (Å²) in [5.74, 6) is -5.57. The maximum Gasteiger partial charge on any atom is 0.375 e. The second-order valence-corrected chi connectivity index (χ2v) is 21.6. The molecule has 0 aromatic heterocycles. The van der Waals surface area contributed by atoms with Crippen molar-refractivity contribution in [3.63, 3.8) is 0 Å². The molecule has 4 fully saturated rings. The highest BCUT2D eigenvalue weighted by atomic mass is 32.2. The van der Waals surface area contributed by atoms with Crippen molar-refractivity contribution < 1.29 is 81.0 Å². The molecule has 5 aliphatic rings. The van der Waals surface area contributed by atoms with Crippen molar-refractivity contribution in [2.45, 2.75) is 176 Å². The van der Waals surface area contributed by atoms with Gasteiger partial charge in [0.05, 0.1) is 70.0 Å². The zero-order valence-electron chi connectivity index (χ0n) is 42.7. The Morgan fingerprint density at radius 2 is 1.05 bits per heavy atom. The Labute approximate surface area is 446 Å². The molecule has 0 bridgehead atoms. The molecule has 1 heterocycles. The highest BCUT2D eigenvalue weighted by Gasteiger charge is 2.38. The number of carbonyl (C=O) groups excluding carboxylic acids is 8. The Morgan fingerprint density at radius 3 is 1.55 bits per heavy atom. The predicted molar refractivity (Wildman–Crippen MR) is 272 cm³/mol. The summed E-state index contributed by atoms with van der Waals surface area (Å²) in [6.45, 7) is 17.5. The van der Waals surface area contributed by atoms with Gasteiger partial charge in [-0.15, -0.1) is 0 Å². The SMILES string of the molecule is [C-]#[N+]/C(C(=O)OCC)=C1\Sc2c(OC(=O)C3CCC(OC(=O)C(=O)C4CCC(OCCCCC(=O)OC=C)CC4)CC3)ccc(OC(=O)C3CCC(OC(=O)C4CCC(OCCCCOC(=O)C=C)CC4)CC3)c2S1. The van der Waals surface area contributed by atoms with E-state index in [2.05, 4.69) is 18.0 Å². The summed E-state index contributed by atoms with van der Waals surface area (Å²) in [6, 6.07) is 3.04. The topological polar surface area (TPSA) is 224 Å². The zero-order valence-corrected chi connectivity index (χ0v) is 44.4. The number of thioether (sulfide) groups is 2. The van der Waals surface area contributed by atoms with E-state index in [9.17, 15) is 38.4 Å². The van der Waals surface area contributed by atoms with Gasteiger partial charge in [-0.3, -0.25) is 28.8 Å². The van der Waals surface area contributed by atoms with Crippen molar-refractivity contribution in [2.24, 2.45) is 23.7 Å². The molecule has 0 atom stereocenters. The second kappa shape index (κ2) is 30.3. The molecule has 0 N–H and O–H groups in total. The molecule has 18 nitrogen and oxygen atoms in total. The quantitative estimate of drug-likeness (QED) is 0.0130. The molecule has 20 heteroatoms. The first-order valence-electron chi connectivity index (χ1n) is 26.3. The number of unbranched alkanes of at least 4 members (excludes halogenated alkanes) is 2. The first-order valence-corrected chi connectivity index (χ1v) is 28.0. The number of esters is 7. The van der Waals surface area contributed by atoms with Gasteiger partial charge in [-0.1, -0.05) is 36.7 Å². The summed E-state index contributed by atoms with van der Waals surface area (Å²) in [7, 11) is 0. The Morgan fingerprint density at radius 1 is 0.587 bits per heavy atom. The minimum atomic E-state index is -0.866. The molecule has 408 valence electrons. The molecule has 4 saturated carbocycles. The van der Waals surface area contributed by atoms with Crippen LogP contribution in [0.1, 0.15) is 142 Å². The summed E-state index contributed by atoms with van der Waals surface area (Å²) >= 11 is 2.09. The third-order valence-electron chi connectivity index (χ3n) is 14.1. The summed E-state index contributed by atoms with van der Waals surface area (Å²) in [6.07, 6.45) is 12.9. The second-order valence-electron chi connectivity index (χ2n) is 19.3. The molecular formula is C55H69NO17S2. The van der Waals surface area contributed by atoms with Gasteiger partial charge in [-0.2, -0.15) is 0 Å². The largest absolute Gasteiger partial charge is 0.471 e. The standard InChI is InChI=1S/C55H69NO17S2/c1-5-44(57)69-33-11-10-32-68-39-23-15-35(16-24-39)50(60)70-40-25-17-36(18-26-40)51(61)72-42-29-30-43(49-48(42)74-55(75-49)46(56-4)53(63)66-7-3)73-52(62)37-19-27-41(28-20-37)71-54(64)47(59)34-13-21-38(22-14-34)67-31-9-8-12-45(58)65-6-2/h5-6,29-30,34-41H,1-2,7-28,31-33H2,3H3/b55-46-. The number of nitrogens with zero attached hydrogens (tertiary/aromatic N) is 1. The highest BCUT2D eigenvalue weighted by molar-refractivity contribution is 8.24. The van der Waals surface area contributed by atoms with E-state index in [1.54, 1.807) is 6.92 Å². The van der Waals surface area contributed by atoms with Crippen LogP contribution in [0.4, 0.5) is 0 Å². The molecule has 75 heavy (non-hydrogen) atoms. The van der Waals surface area contributed by atoms with Gasteiger partial charge in [0, 0.05) is 31.6 Å². The van der Waals surface area contributed by atoms with Crippen LogP contribution in [0.3, 0.4) is 0 Å². The average Bonchev–Trinajstić information content (AvgIpc) is 3.87. The van der Waals surface area contributed by atoms with Crippen molar-refractivity contribution in [1.29, 1.82) is 0 Å². The van der Waals surface area contributed by atoms with Gasteiger partial charge < -0.3 is 42.6 Å². The van der Waals surface area contributed by atoms with E-state index in [4.69, 9.17) is 49.2 Å². The van der Waals surface area contributed by atoms with E-state index in [1.165, 1.54) is 12.1 Å². The third-order valence-corrected chi connectivity index (χ3v) is 16.7. The molecule has 0 unspecified atom stereocenters. The fourth-order valence-corrected chi connectivity index (χ4v) is 12.4. The van der Waals surface area contributed by atoms with E-state index in [1.807, 2.05) is 0 Å². The van der Waals surface area contributed by atoms with Crippen molar-refractivity contribution in [1.82, 2.24) is 0 Å². The van der Waals surface area contributed by atoms with E-state index in [0.29, 0.717) is 139 Å². The van der Waals surface area contributed by atoms with Crippen LogP contribution in [0, 0.1) is 30.2 Å². The van der Waals surface area contributed by atoms with Crippen molar-refractivity contribution >= 4 is 71.1 Å². The summed E-state index contributed by atoms with van der Waals surface area (Å²) < 4.78 is 50.6. The number of benzene rings is 1. The van der Waals surface area contributed by atoms with Crippen LogP contribution in [-0.4, -0.2) is 98.4 Å². The monoisotopic (exact) mass is 1080 g/mol. The Hall–Kier alpha value is -5.49. The lowest BCUT2D eigenvalue weighted by atomic mass is 9.84. The van der Waals surface area contributed by atoms with E-state index >= 15 is 0 Å². The Balaban J connectivity index is 0.950. The Kier molecular flexibility index (Phi) is 23.7. The van der Waals surface area contributed by atoms with Crippen LogP contribution in [-0.2, 0) is 71.5 Å². The summed E-state index contributed by atoms with van der Waals surface area (Å²) in [5, 5.41) is 0. The number of ether oxygens (including phenoxy) is 9. The van der Waals surface area contributed by atoms with Crippen LogP contribution < -0.4 is 9.47 Å². The number of hydrogen-bond donors (Lipinski definition) is 0. The van der Waals surface area contributed by atoms with Gasteiger partial charge >= 0.3 is 41.8 Å². The fourth-order valence-electron chi connectivity index (χ4n) is 9.83. The van der Waals surface area contributed by atoms with Crippen LogP contribution >= 0.6 is 23.5 Å². The van der Waals surface area contributed by atoms with Crippen LogP contribution in [0.25, 0.3) is 4.85 Å². The molecule has 6 rings (SSSR count). The highest BCUT2D eigenvalue weighted by Crippen LogP contribution is 2.59. The van der Waals surface area contributed by atoms with Gasteiger partial charge in [-0.25, -0.2) is 14.4 Å². The lowest BCUT2D eigenvalue weighted by Gasteiger charge is -2.31. The average molecular weight is 1080 g/mol. The Bertz CT molecular complexity index is 2290. The van der Waals surface area contributed by atoms with Crippen molar-refractivity contribution in [3.8, 4) is 11.5 Å². The minimum absolute atomic E-state index is 0.0198. The van der Waals surface area contributed by atoms with Crippen LogP contribution in [0.2, 0.25) is 0 Å². The molecule has 1 aromatic rings. The molecule has 0 spiro atoms. The normalized spacial score (nSPS) is 24.9. The van der Waals surface area contributed by atoms with Gasteiger partial charge in [0.1, 0.15) is 23.7 Å². The molecule has 4 aliphatic carbocycles. The number of hydrogen-bond acceptors (Lipinski definition) is 19. The van der Waals surface area contributed by atoms with Gasteiger partial charge in [0.25, 0.3) is 5.70 Å². The number of Topliss-reactive ketones (excluding diaryl/α,β-unsaturated/α-hetero) is 1. The predicted octanol–water partition coefficient (Wildman–Crippen LogP) is 9.64. The molecule has 0 radical (unpaired) electrons. The van der Waals surface area contributed by atoms with E-state index in [0.717, 1.165) is 55.1 Å². The molecular weight excluding hydrogens is 1010 g/mol. The summed E-state index contributed by atoms with van der Waals surface area (Å²) in [5.41, 5.74) is -0.258. The van der Waals surface area contributed by atoms with Gasteiger partial charge in [-0.05, 0) is 147 Å². The minimum Gasteiger partial charge on any atom is -0.471 e. The molecule has 1 aromatic carbocycles. The van der Waals surface area contributed by atoms with Gasteiger partial charge in [0.2, 0.25) is 5.78 Å². The summed E-state index contributed by atoms with van der Waals surface area (Å²) in [4.78, 5) is 106. The fraction of sp³-hybridized carbons (Fsp3) is 0.618. The van der Waals surface area contributed by atoms with Crippen LogP contribution in [0.15, 0.2) is 57.4 Å². The molecule has 0 saturated heterocycles. The number of fused-ring (bicyclic) bond motifs is 1. The number of ketones is 1. The van der Waals surface area contributed by atoms with Crippen molar-refractivity contribution in [3.05, 3.63) is 59.0 Å². The smallest absolute Gasteiger partial charge is 0.375 e. The van der Waals surface area contributed by atoms with Gasteiger partial charge in [0.15, 0.2) is 0 Å². The van der Waals surface area contributed by atoms with Crippen LogP contribution in [0.5, 0.6) is 11.5 Å². The third kappa shape index (κ3) is 17.8. The lowest BCUT2D eigenvalue weighted by molar-refractivity contribution is -0.162. The first kappa shape index (κ1) is 58.8. The van der Waals surface area contributed by atoms with Crippen molar-refractivity contribution in [2.75, 3.05) is 26.4 Å².